The number of ether oxygens (including phenoxy) is 1. The quantitative estimate of drug-likeness (QED) is 0.520. The standard InChI is InChI=1S/C21H22ClN3O2/c22-20-6-5-14(13-23-20)11-15-12-19(25-18-4-2-1-3-17(15)18)21(26)24-16-7-9-27-10-8-16/h1-6,12-13,16,21,24,26H,7-11H2. The lowest BCUT2D eigenvalue weighted by atomic mass is 10.0. The summed E-state index contributed by atoms with van der Waals surface area (Å²) in [6, 6.07) is 14.0. The second-order valence-electron chi connectivity index (χ2n) is 6.85. The largest absolute Gasteiger partial charge is 0.381 e. The zero-order valence-corrected chi connectivity index (χ0v) is 15.7. The summed E-state index contributed by atoms with van der Waals surface area (Å²) in [5.41, 5.74) is 3.68. The summed E-state index contributed by atoms with van der Waals surface area (Å²) in [6.07, 6.45) is 3.47. The van der Waals surface area contributed by atoms with E-state index < -0.39 is 6.23 Å². The van der Waals surface area contributed by atoms with E-state index in [4.69, 9.17) is 16.3 Å². The van der Waals surface area contributed by atoms with Crippen LogP contribution < -0.4 is 5.32 Å². The van der Waals surface area contributed by atoms with Crippen LogP contribution in [0.25, 0.3) is 10.9 Å². The molecule has 1 unspecified atom stereocenters. The average Bonchev–Trinajstić information content (AvgIpc) is 2.70. The number of halogens is 1. The smallest absolute Gasteiger partial charge is 0.148 e. The van der Waals surface area contributed by atoms with E-state index in [1.54, 1.807) is 12.3 Å². The molecule has 1 atom stereocenters. The van der Waals surface area contributed by atoms with Crippen LogP contribution in [0.4, 0.5) is 0 Å². The molecule has 0 radical (unpaired) electrons. The molecule has 0 spiro atoms. The first-order chi connectivity index (χ1) is 13.2. The van der Waals surface area contributed by atoms with Crippen molar-refractivity contribution in [3.63, 3.8) is 0 Å². The van der Waals surface area contributed by atoms with Gasteiger partial charge >= 0.3 is 0 Å². The van der Waals surface area contributed by atoms with E-state index in [9.17, 15) is 5.11 Å². The van der Waals surface area contributed by atoms with Gasteiger partial charge in [0.05, 0.1) is 11.2 Å². The third kappa shape index (κ3) is 4.45. The SMILES string of the molecule is OC(NC1CCOCC1)c1cc(Cc2ccc(Cl)nc2)c2ccccc2n1. The van der Waals surface area contributed by atoms with E-state index in [1.807, 2.05) is 30.3 Å². The van der Waals surface area contributed by atoms with Gasteiger partial charge in [-0.15, -0.1) is 0 Å². The third-order valence-electron chi connectivity index (χ3n) is 4.90. The van der Waals surface area contributed by atoms with Crippen LogP contribution in [0, 0.1) is 0 Å². The van der Waals surface area contributed by atoms with Gasteiger partial charge in [0.1, 0.15) is 11.4 Å². The Morgan fingerprint density at radius 3 is 2.78 bits per heavy atom. The lowest BCUT2D eigenvalue weighted by Gasteiger charge is -2.26. The number of pyridine rings is 2. The first kappa shape index (κ1) is 18.3. The van der Waals surface area contributed by atoms with Crippen LogP contribution in [-0.4, -0.2) is 34.3 Å². The first-order valence-electron chi connectivity index (χ1n) is 9.20. The van der Waals surface area contributed by atoms with E-state index in [1.165, 1.54) is 0 Å². The van der Waals surface area contributed by atoms with E-state index in [2.05, 4.69) is 21.4 Å². The minimum absolute atomic E-state index is 0.242. The van der Waals surface area contributed by atoms with Gasteiger partial charge < -0.3 is 9.84 Å². The summed E-state index contributed by atoms with van der Waals surface area (Å²) < 4.78 is 5.39. The summed E-state index contributed by atoms with van der Waals surface area (Å²) in [7, 11) is 0. The summed E-state index contributed by atoms with van der Waals surface area (Å²) in [4.78, 5) is 8.84. The molecule has 3 heterocycles. The number of hydrogen-bond donors (Lipinski definition) is 2. The van der Waals surface area contributed by atoms with Crippen LogP contribution in [0.3, 0.4) is 0 Å². The normalized spacial score (nSPS) is 16.5. The molecule has 0 amide bonds. The molecular weight excluding hydrogens is 362 g/mol. The van der Waals surface area contributed by atoms with Crippen molar-refractivity contribution < 1.29 is 9.84 Å². The molecule has 2 N–H and O–H groups in total. The Labute approximate surface area is 163 Å². The van der Waals surface area contributed by atoms with Gasteiger partial charge in [0.15, 0.2) is 0 Å². The first-order valence-corrected chi connectivity index (χ1v) is 9.58. The van der Waals surface area contributed by atoms with Gasteiger partial charge in [-0.3, -0.25) is 5.32 Å². The molecule has 27 heavy (non-hydrogen) atoms. The molecule has 4 rings (SSSR count). The van der Waals surface area contributed by atoms with E-state index >= 15 is 0 Å². The number of hydrogen-bond acceptors (Lipinski definition) is 5. The minimum Gasteiger partial charge on any atom is -0.381 e. The lowest BCUT2D eigenvalue weighted by molar-refractivity contribution is 0.0479. The lowest BCUT2D eigenvalue weighted by Crippen LogP contribution is -2.37. The molecule has 1 aliphatic rings. The number of nitrogens with one attached hydrogen (secondary N) is 1. The molecule has 140 valence electrons. The molecule has 5 nitrogen and oxygen atoms in total. The van der Waals surface area contributed by atoms with Crippen molar-refractivity contribution in [3.05, 3.63) is 70.6 Å². The molecule has 0 bridgehead atoms. The average molecular weight is 384 g/mol. The zero-order valence-electron chi connectivity index (χ0n) is 14.9. The van der Waals surface area contributed by atoms with Crippen LogP contribution in [0.1, 0.15) is 35.9 Å². The van der Waals surface area contributed by atoms with Crippen molar-refractivity contribution in [1.29, 1.82) is 0 Å². The predicted octanol–water partition coefficient (Wildman–Crippen LogP) is 3.63. The number of para-hydroxylation sites is 1. The second-order valence-corrected chi connectivity index (χ2v) is 7.23. The van der Waals surface area contributed by atoms with Crippen LogP contribution >= 0.6 is 11.6 Å². The summed E-state index contributed by atoms with van der Waals surface area (Å²) in [6.45, 7) is 1.45. The Hall–Kier alpha value is -2.05. The van der Waals surface area contributed by atoms with Crippen LogP contribution in [0.15, 0.2) is 48.7 Å². The van der Waals surface area contributed by atoms with Crippen molar-refractivity contribution in [2.24, 2.45) is 0 Å². The zero-order chi connectivity index (χ0) is 18.6. The molecule has 0 aliphatic carbocycles. The molecule has 1 aromatic carbocycles. The van der Waals surface area contributed by atoms with E-state index in [-0.39, 0.29) is 6.04 Å². The summed E-state index contributed by atoms with van der Waals surface area (Å²) in [5.74, 6) is 0. The number of nitrogens with zero attached hydrogens (tertiary/aromatic N) is 2. The highest BCUT2D eigenvalue weighted by Crippen LogP contribution is 2.24. The maximum absolute atomic E-state index is 10.7. The molecule has 1 aliphatic heterocycles. The minimum atomic E-state index is -0.806. The Kier molecular flexibility index (Phi) is 5.64. The van der Waals surface area contributed by atoms with Crippen LogP contribution in [-0.2, 0) is 11.2 Å². The highest BCUT2D eigenvalue weighted by molar-refractivity contribution is 6.29. The van der Waals surface area contributed by atoms with Gasteiger partial charge in [0.2, 0.25) is 0 Å². The third-order valence-corrected chi connectivity index (χ3v) is 5.12. The fourth-order valence-electron chi connectivity index (χ4n) is 3.46. The Balaban J connectivity index is 1.64. The summed E-state index contributed by atoms with van der Waals surface area (Å²) >= 11 is 5.90. The molecular formula is C21H22ClN3O2. The highest BCUT2D eigenvalue weighted by atomic mass is 35.5. The number of benzene rings is 1. The maximum atomic E-state index is 10.7. The van der Waals surface area contributed by atoms with Gasteiger partial charge in [-0.25, -0.2) is 9.97 Å². The summed E-state index contributed by atoms with van der Waals surface area (Å²) in [5, 5.41) is 15.6. The van der Waals surface area contributed by atoms with Crippen molar-refractivity contribution in [1.82, 2.24) is 15.3 Å². The van der Waals surface area contributed by atoms with Gasteiger partial charge in [0.25, 0.3) is 0 Å². The Morgan fingerprint density at radius 2 is 2.00 bits per heavy atom. The monoisotopic (exact) mass is 383 g/mol. The van der Waals surface area contributed by atoms with Crippen molar-refractivity contribution in [2.45, 2.75) is 31.5 Å². The topological polar surface area (TPSA) is 67.3 Å². The second kappa shape index (κ2) is 8.31. The highest BCUT2D eigenvalue weighted by Gasteiger charge is 2.19. The number of fused-ring (bicyclic) bond motifs is 1. The molecule has 1 fully saturated rings. The molecule has 2 aromatic heterocycles. The van der Waals surface area contributed by atoms with E-state index in [0.717, 1.165) is 48.1 Å². The fourth-order valence-corrected chi connectivity index (χ4v) is 3.57. The Bertz CT molecular complexity index is 911. The van der Waals surface area contributed by atoms with Crippen LogP contribution in [0.5, 0.6) is 0 Å². The molecule has 3 aromatic rings. The number of aromatic nitrogens is 2. The predicted molar refractivity (Wildman–Crippen MR) is 106 cm³/mol. The van der Waals surface area contributed by atoms with Gasteiger partial charge in [-0.05, 0) is 48.6 Å². The van der Waals surface area contributed by atoms with Crippen molar-refractivity contribution >= 4 is 22.5 Å². The number of aliphatic hydroxyl groups excluding tert-OH is 1. The van der Waals surface area contributed by atoms with Gasteiger partial charge in [0, 0.05) is 30.8 Å². The number of rotatable bonds is 5. The van der Waals surface area contributed by atoms with E-state index in [0.29, 0.717) is 17.3 Å². The maximum Gasteiger partial charge on any atom is 0.148 e. The number of aliphatic hydroxyl groups is 1. The van der Waals surface area contributed by atoms with Crippen molar-refractivity contribution in [2.75, 3.05) is 13.2 Å². The molecule has 0 saturated carbocycles. The van der Waals surface area contributed by atoms with Crippen molar-refractivity contribution in [3.8, 4) is 0 Å². The van der Waals surface area contributed by atoms with Gasteiger partial charge in [-0.1, -0.05) is 35.9 Å². The Morgan fingerprint density at radius 1 is 1.19 bits per heavy atom. The molecule has 1 saturated heterocycles. The molecule has 6 heteroatoms. The fraction of sp³-hybridized carbons (Fsp3) is 0.333. The van der Waals surface area contributed by atoms with Crippen LogP contribution in [0.2, 0.25) is 5.15 Å². The van der Waals surface area contributed by atoms with Gasteiger partial charge in [-0.2, -0.15) is 0 Å².